The molecule has 0 aliphatic rings. The molecule has 6 nitrogen and oxygen atoms in total. The Morgan fingerprint density at radius 3 is 2.50 bits per heavy atom. The van der Waals surface area contributed by atoms with Gasteiger partial charge in [-0.1, -0.05) is 17.7 Å². The number of hydrogen-bond acceptors (Lipinski definition) is 3. The molecular weight excluding hydrogens is 204 g/mol. The highest BCUT2D eigenvalue weighted by Gasteiger charge is 2.20. The van der Waals surface area contributed by atoms with Gasteiger partial charge in [0.25, 0.3) is 5.82 Å². The summed E-state index contributed by atoms with van der Waals surface area (Å²) in [5.74, 6) is 0.300. The van der Waals surface area contributed by atoms with Gasteiger partial charge in [0.1, 0.15) is 0 Å². The molecule has 16 heavy (non-hydrogen) atoms. The van der Waals surface area contributed by atoms with Crippen LogP contribution in [0.5, 0.6) is 0 Å². The van der Waals surface area contributed by atoms with Crippen molar-refractivity contribution in [1.82, 2.24) is 20.2 Å². The molecule has 0 bridgehead atoms. The maximum Gasteiger partial charge on any atom is 0.370 e. The van der Waals surface area contributed by atoms with Crippen LogP contribution in [-0.2, 0) is 7.05 Å². The Balaban J connectivity index is 2.45. The van der Waals surface area contributed by atoms with E-state index < -0.39 is 0 Å². The molecule has 80 valence electrons. The predicted octanol–water partition coefficient (Wildman–Crippen LogP) is 0.586. The van der Waals surface area contributed by atoms with Crippen LogP contribution in [0.3, 0.4) is 0 Å². The largest absolute Gasteiger partial charge is 0.370 e. The van der Waals surface area contributed by atoms with Crippen LogP contribution in [0.2, 0.25) is 0 Å². The van der Waals surface area contributed by atoms with Crippen LogP contribution in [-0.4, -0.2) is 30.7 Å². The van der Waals surface area contributed by atoms with Crippen molar-refractivity contribution in [2.24, 2.45) is 7.05 Å². The lowest BCUT2D eigenvalue weighted by Crippen LogP contribution is -2.07. The third-order valence-corrected chi connectivity index (χ3v) is 2.15. The summed E-state index contributed by atoms with van der Waals surface area (Å²) in [6.45, 7) is 1.99. The lowest BCUT2D eigenvalue weighted by Gasteiger charge is -1.93. The van der Waals surface area contributed by atoms with Crippen LogP contribution >= 0.6 is 0 Å². The average molecular weight is 214 g/mol. The summed E-state index contributed by atoms with van der Waals surface area (Å²) < 4.78 is 0. The summed E-state index contributed by atoms with van der Waals surface area (Å²) in [5, 5.41) is 11.5. The van der Waals surface area contributed by atoms with Crippen molar-refractivity contribution in [3.05, 3.63) is 46.7 Å². The highest BCUT2D eigenvalue weighted by atomic mass is 15.6. The molecule has 0 aliphatic heterocycles. The fraction of sp³-hybridized carbons (Fsp3) is 0.200. The zero-order valence-corrected chi connectivity index (χ0v) is 8.99. The van der Waals surface area contributed by atoms with E-state index in [1.807, 2.05) is 31.2 Å². The third-order valence-electron chi connectivity index (χ3n) is 2.15. The van der Waals surface area contributed by atoms with Gasteiger partial charge in [-0.15, -0.1) is 10.2 Å². The number of aromatic nitrogens is 4. The fourth-order valence-corrected chi connectivity index (χ4v) is 1.32. The fourth-order valence-electron chi connectivity index (χ4n) is 1.32. The summed E-state index contributed by atoms with van der Waals surface area (Å²) in [5.41, 5.74) is 11.2. The number of nitrogens with zero attached hydrogens (tertiary/aromatic N) is 6. The summed E-state index contributed by atoms with van der Waals surface area (Å²) in [7, 11) is 1.65. The standard InChI is InChI=1S/C10H10N6/c1-7-3-5-8(6-4-7)9(12-11)10-13-15-16(2)14-10/h3-6H,1-2H3. The van der Waals surface area contributed by atoms with Gasteiger partial charge in [-0.25, -0.2) is 0 Å². The molecule has 6 heteroatoms. The second-order valence-electron chi connectivity index (χ2n) is 3.42. The molecule has 0 spiro atoms. The maximum absolute atomic E-state index is 8.98. The van der Waals surface area contributed by atoms with Crippen molar-refractivity contribution in [3.8, 4) is 0 Å². The van der Waals surface area contributed by atoms with Gasteiger partial charge in [0.15, 0.2) is 0 Å². The van der Waals surface area contributed by atoms with Crippen LogP contribution in [0.4, 0.5) is 0 Å². The Morgan fingerprint density at radius 2 is 2.00 bits per heavy atom. The first kappa shape index (κ1) is 10.2. The molecule has 0 amide bonds. The first-order valence-electron chi connectivity index (χ1n) is 4.74. The smallest absolute Gasteiger partial charge is 0.361 e. The van der Waals surface area contributed by atoms with Crippen molar-refractivity contribution in [3.63, 3.8) is 0 Å². The minimum atomic E-state index is 0.300. The van der Waals surface area contributed by atoms with Gasteiger partial charge in [0.2, 0.25) is 0 Å². The topological polar surface area (TPSA) is 80.0 Å². The van der Waals surface area contributed by atoms with E-state index >= 15 is 0 Å². The van der Waals surface area contributed by atoms with Crippen LogP contribution in [0, 0.1) is 6.92 Å². The molecule has 2 aromatic rings. The van der Waals surface area contributed by atoms with Gasteiger partial charge >= 0.3 is 5.71 Å². The first-order chi connectivity index (χ1) is 7.70. The van der Waals surface area contributed by atoms with E-state index in [4.69, 9.17) is 5.53 Å². The molecule has 0 fully saturated rings. The Kier molecular flexibility index (Phi) is 2.57. The van der Waals surface area contributed by atoms with E-state index in [2.05, 4.69) is 20.2 Å². The molecule has 1 aromatic heterocycles. The quantitative estimate of drug-likeness (QED) is 0.416. The monoisotopic (exact) mass is 214 g/mol. The predicted molar refractivity (Wildman–Crippen MR) is 56.8 cm³/mol. The van der Waals surface area contributed by atoms with E-state index in [1.165, 1.54) is 4.80 Å². The number of tetrazole rings is 1. The molecule has 0 aliphatic carbocycles. The second kappa shape index (κ2) is 4.04. The average Bonchev–Trinajstić information content (AvgIpc) is 2.69. The van der Waals surface area contributed by atoms with Crippen molar-refractivity contribution in [2.45, 2.75) is 6.92 Å². The first-order valence-corrected chi connectivity index (χ1v) is 4.74. The normalized spacial score (nSPS) is 9.88. The lowest BCUT2D eigenvalue weighted by atomic mass is 10.1. The van der Waals surface area contributed by atoms with Gasteiger partial charge in [0, 0.05) is 0 Å². The minimum Gasteiger partial charge on any atom is -0.361 e. The van der Waals surface area contributed by atoms with Crippen molar-refractivity contribution in [1.29, 1.82) is 0 Å². The number of benzene rings is 1. The molecule has 0 N–H and O–H groups in total. The zero-order valence-electron chi connectivity index (χ0n) is 8.99. The molecule has 0 saturated carbocycles. The Bertz CT molecular complexity index is 547. The van der Waals surface area contributed by atoms with Gasteiger partial charge in [0.05, 0.1) is 12.6 Å². The molecule has 0 radical (unpaired) electrons. The number of aryl methyl sites for hydroxylation is 2. The van der Waals surface area contributed by atoms with E-state index in [9.17, 15) is 0 Å². The molecule has 0 saturated heterocycles. The number of hydrogen-bond donors (Lipinski definition) is 0. The van der Waals surface area contributed by atoms with Gasteiger partial charge in [-0.3, -0.25) is 0 Å². The molecule has 1 heterocycles. The molecule has 2 rings (SSSR count). The van der Waals surface area contributed by atoms with Gasteiger partial charge in [-0.2, -0.15) is 9.59 Å². The lowest BCUT2D eigenvalue weighted by molar-refractivity contribution is -0.00350. The Hall–Kier alpha value is -2.33. The zero-order chi connectivity index (χ0) is 11.5. The van der Waals surface area contributed by atoms with Crippen LogP contribution in [0.15, 0.2) is 24.3 Å². The van der Waals surface area contributed by atoms with Gasteiger partial charge < -0.3 is 5.53 Å². The SMILES string of the molecule is Cc1ccc(C(=[N+]=[N-])c2nnn(C)n2)cc1. The van der Waals surface area contributed by atoms with E-state index in [0.717, 1.165) is 11.1 Å². The minimum absolute atomic E-state index is 0.300. The highest BCUT2D eigenvalue weighted by Crippen LogP contribution is 2.06. The van der Waals surface area contributed by atoms with E-state index in [-0.39, 0.29) is 0 Å². The molecule has 1 aromatic carbocycles. The van der Waals surface area contributed by atoms with Crippen molar-refractivity contribution >= 4 is 5.71 Å². The summed E-state index contributed by atoms with van der Waals surface area (Å²) in [6, 6.07) is 7.55. The summed E-state index contributed by atoms with van der Waals surface area (Å²) in [4.78, 5) is 4.52. The Labute approximate surface area is 92.1 Å². The summed E-state index contributed by atoms with van der Waals surface area (Å²) in [6.07, 6.45) is 0. The highest BCUT2D eigenvalue weighted by molar-refractivity contribution is 6.06. The van der Waals surface area contributed by atoms with E-state index in [1.54, 1.807) is 7.05 Å². The Morgan fingerprint density at radius 1 is 1.31 bits per heavy atom. The van der Waals surface area contributed by atoms with Crippen LogP contribution < -0.4 is 0 Å². The molecule has 0 unspecified atom stereocenters. The summed E-state index contributed by atoms with van der Waals surface area (Å²) >= 11 is 0. The maximum atomic E-state index is 8.98. The second-order valence-corrected chi connectivity index (χ2v) is 3.42. The van der Waals surface area contributed by atoms with Crippen molar-refractivity contribution < 1.29 is 4.79 Å². The van der Waals surface area contributed by atoms with Crippen LogP contribution in [0.25, 0.3) is 5.53 Å². The third kappa shape index (κ3) is 1.87. The van der Waals surface area contributed by atoms with Crippen LogP contribution in [0.1, 0.15) is 17.0 Å². The molecule has 0 atom stereocenters. The number of rotatable bonds is 2. The van der Waals surface area contributed by atoms with E-state index in [0.29, 0.717) is 11.5 Å². The van der Waals surface area contributed by atoms with Gasteiger partial charge in [-0.05, 0) is 24.3 Å². The van der Waals surface area contributed by atoms with Crippen molar-refractivity contribution in [2.75, 3.05) is 0 Å². The molecular formula is C10H10N6.